The van der Waals surface area contributed by atoms with Crippen molar-refractivity contribution in [3.8, 4) is 11.1 Å². The Hall–Kier alpha value is -2.06. The summed E-state index contributed by atoms with van der Waals surface area (Å²) in [7, 11) is 0. The van der Waals surface area contributed by atoms with Crippen molar-refractivity contribution in [1.29, 1.82) is 0 Å². The Labute approximate surface area is 110 Å². The summed E-state index contributed by atoms with van der Waals surface area (Å²) >= 11 is 5.89. The molecule has 0 saturated carbocycles. The number of hydrogen-bond donors (Lipinski definition) is 1. The van der Waals surface area contributed by atoms with Crippen molar-refractivity contribution in [3.63, 3.8) is 0 Å². The SMILES string of the molecule is Nc1nc2ccccc2cc1-c1ccc(Cl)cc1. The average molecular weight is 255 g/mol. The smallest absolute Gasteiger partial charge is 0.131 e. The molecule has 0 saturated heterocycles. The number of anilines is 1. The predicted molar refractivity (Wildman–Crippen MR) is 76.6 cm³/mol. The summed E-state index contributed by atoms with van der Waals surface area (Å²) in [5.41, 5.74) is 8.88. The van der Waals surface area contributed by atoms with E-state index in [1.54, 1.807) is 0 Å². The van der Waals surface area contributed by atoms with E-state index in [0.29, 0.717) is 10.8 Å². The minimum atomic E-state index is 0.538. The van der Waals surface area contributed by atoms with Gasteiger partial charge in [0.2, 0.25) is 0 Å². The van der Waals surface area contributed by atoms with Gasteiger partial charge in [0, 0.05) is 16.0 Å². The molecular weight excluding hydrogens is 244 g/mol. The summed E-state index contributed by atoms with van der Waals surface area (Å²) in [6, 6.07) is 17.6. The van der Waals surface area contributed by atoms with Crippen LogP contribution in [0.2, 0.25) is 5.02 Å². The van der Waals surface area contributed by atoms with Crippen molar-refractivity contribution in [1.82, 2.24) is 4.98 Å². The van der Waals surface area contributed by atoms with Gasteiger partial charge < -0.3 is 5.73 Å². The van der Waals surface area contributed by atoms with Gasteiger partial charge in [0.1, 0.15) is 5.82 Å². The highest BCUT2D eigenvalue weighted by atomic mass is 35.5. The number of benzene rings is 2. The second kappa shape index (κ2) is 4.31. The van der Waals surface area contributed by atoms with Gasteiger partial charge in [-0.1, -0.05) is 41.9 Å². The van der Waals surface area contributed by atoms with Crippen LogP contribution in [0.25, 0.3) is 22.0 Å². The Kier molecular flexibility index (Phi) is 2.65. The van der Waals surface area contributed by atoms with E-state index >= 15 is 0 Å². The Balaban J connectivity index is 2.22. The van der Waals surface area contributed by atoms with Crippen LogP contribution in [0.4, 0.5) is 5.82 Å². The number of hydrogen-bond acceptors (Lipinski definition) is 2. The highest BCUT2D eigenvalue weighted by Gasteiger charge is 2.06. The van der Waals surface area contributed by atoms with Gasteiger partial charge in [-0.05, 0) is 29.8 Å². The van der Waals surface area contributed by atoms with Crippen LogP contribution in [0.1, 0.15) is 0 Å². The lowest BCUT2D eigenvalue weighted by Crippen LogP contribution is -1.94. The molecule has 3 heteroatoms. The number of nitrogens with two attached hydrogens (primary N) is 1. The highest BCUT2D eigenvalue weighted by molar-refractivity contribution is 6.30. The van der Waals surface area contributed by atoms with Crippen LogP contribution in [-0.2, 0) is 0 Å². The highest BCUT2D eigenvalue weighted by Crippen LogP contribution is 2.28. The fourth-order valence-corrected chi connectivity index (χ4v) is 2.12. The molecule has 0 radical (unpaired) electrons. The Morgan fingerprint density at radius 3 is 2.44 bits per heavy atom. The van der Waals surface area contributed by atoms with Crippen molar-refractivity contribution in [2.24, 2.45) is 0 Å². The number of halogens is 1. The van der Waals surface area contributed by atoms with E-state index in [-0.39, 0.29) is 0 Å². The summed E-state index contributed by atoms with van der Waals surface area (Å²) in [6.45, 7) is 0. The van der Waals surface area contributed by atoms with Gasteiger partial charge in [0.25, 0.3) is 0 Å². The summed E-state index contributed by atoms with van der Waals surface area (Å²) in [5, 5.41) is 1.79. The largest absolute Gasteiger partial charge is 0.383 e. The quantitative estimate of drug-likeness (QED) is 0.709. The molecule has 0 aliphatic carbocycles. The number of para-hydroxylation sites is 1. The molecular formula is C15H11ClN2. The summed E-state index contributed by atoms with van der Waals surface area (Å²) in [6.07, 6.45) is 0. The molecule has 2 aromatic carbocycles. The third-order valence-electron chi connectivity index (χ3n) is 2.91. The van der Waals surface area contributed by atoms with Crippen molar-refractivity contribution in [2.75, 3.05) is 5.73 Å². The lowest BCUT2D eigenvalue weighted by atomic mass is 10.0. The second-order valence-electron chi connectivity index (χ2n) is 4.12. The van der Waals surface area contributed by atoms with Crippen LogP contribution in [0.3, 0.4) is 0 Å². The number of nitrogens with zero attached hydrogens (tertiary/aromatic N) is 1. The van der Waals surface area contributed by atoms with Crippen LogP contribution in [0, 0.1) is 0 Å². The average Bonchev–Trinajstić information content (AvgIpc) is 2.39. The van der Waals surface area contributed by atoms with Crippen LogP contribution in [0.5, 0.6) is 0 Å². The molecule has 0 aliphatic heterocycles. The van der Waals surface area contributed by atoms with Crippen LogP contribution < -0.4 is 5.73 Å². The number of nitrogen functional groups attached to an aromatic ring is 1. The van der Waals surface area contributed by atoms with E-state index in [1.165, 1.54) is 0 Å². The number of rotatable bonds is 1. The van der Waals surface area contributed by atoms with E-state index in [9.17, 15) is 0 Å². The van der Waals surface area contributed by atoms with Gasteiger partial charge in [-0.3, -0.25) is 0 Å². The molecule has 0 spiro atoms. The van der Waals surface area contributed by atoms with Crippen LogP contribution in [-0.4, -0.2) is 4.98 Å². The van der Waals surface area contributed by atoms with Gasteiger partial charge >= 0.3 is 0 Å². The Bertz CT molecular complexity index is 705. The van der Waals surface area contributed by atoms with Crippen LogP contribution >= 0.6 is 11.6 Å². The topological polar surface area (TPSA) is 38.9 Å². The summed E-state index contributed by atoms with van der Waals surface area (Å²) in [5.74, 6) is 0.538. The zero-order chi connectivity index (χ0) is 12.5. The molecule has 0 amide bonds. The molecule has 0 unspecified atom stereocenters. The standard InChI is InChI=1S/C15H11ClN2/c16-12-7-5-10(6-8-12)13-9-11-3-1-2-4-14(11)18-15(13)17/h1-9H,(H2,17,18). The number of fused-ring (bicyclic) bond motifs is 1. The fourth-order valence-electron chi connectivity index (χ4n) is 1.99. The van der Waals surface area contributed by atoms with E-state index in [4.69, 9.17) is 17.3 Å². The molecule has 88 valence electrons. The molecule has 0 atom stereocenters. The molecule has 3 rings (SSSR count). The molecule has 1 heterocycles. The summed E-state index contributed by atoms with van der Waals surface area (Å²) in [4.78, 5) is 4.42. The minimum absolute atomic E-state index is 0.538. The van der Waals surface area contributed by atoms with Gasteiger partial charge in [0.15, 0.2) is 0 Å². The minimum Gasteiger partial charge on any atom is -0.383 e. The monoisotopic (exact) mass is 254 g/mol. The maximum Gasteiger partial charge on any atom is 0.131 e. The Morgan fingerprint density at radius 1 is 0.944 bits per heavy atom. The van der Waals surface area contributed by atoms with E-state index in [2.05, 4.69) is 11.1 Å². The van der Waals surface area contributed by atoms with Gasteiger partial charge in [0.05, 0.1) is 5.52 Å². The van der Waals surface area contributed by atoms with Gasteiger partial charge in [-0.15, -0.1) is 0 Å². The molecule has 2 nitrogen and oxygen atoms in total. The molecule has 0 bridgehead atoms. The molecule has 0 aliphatic rings. The lowest BCUT2D eigenvalue weighted by Gasteiger charge is -2.07. The first-order chi connectivity index (χ1) is 8.74. The van der Waals surface area contributed by atoms with Crippen molar-refractivity contribution in [2.45, 2.75) is 0 Å². The van der Waals surface area contributed by atoms with Crippen molar-refractivity contribution < 1.29 is 0 Å². The van der Waals surface area contributed by atoms with E-state index < -0.39 is 0 Å². The first-order valence-corrected chi connectivity index (χ1v) is 6.03. The van der Waals surface area contributed by atoms with Crippen molar-refractivity contribution in [3.05, 3.63) is 59.6 Å². The number of aromatic nitrogens is 1. The van der Waals surface area contributed by atoms with Crippen LogP contribution in [0.15, 0.2) is 54.6 Å². The Morgan fingerprint density at radius 2 is 1.67 bits per heavy atom. The van der Waals surface area contributed by atoms with Crippen molar-refractivity contribution >= 4 is 28.3 Å². The predicted octanol–water partition coefficient (Wildman–Crippen LogP) is 4.14. The third kappa shape index (κ3) is 1.91. The summed E-state index contributed by atoms with van der Waals surface area (Å²) < 4.78 is 0. The van der Waals surface area contributed by atoms with E-state index in [1.807, 2.05) is 48.5 Å². The molecule has 2 N–H and O–H groups in total. The molecule has 3 aromatic rings. The number of pyridine rings is 1. The first-order valence-electron chi connectivity index (χ1n) is 5.65. The zero-order valence-corrected chi connectivity index (χ0v) is 10.4. The maximum atomic E-state index is 6.01. The fraction of sp³-hybridized carbons (Fsp3) is 0. The maximum absolute atomic E-state index is 6.01. The first kappa shape index (κ1) is 11.1. The van der Waals surface area contributed by atoms with Gasteiger partial charge in [-0.2, -0.15) is 0 Å². The second-order valence-corrected chi connectivity index (χ2v) is 4.56. The lowest BCUT2D eigenvalue weighted by molar-refractivity contribution is 1.41. The normalized spacial score (nSPS) is 10.7. The molecule has 0 fully saturated rings. The van der Waals surface area contributed by atoms with E-state index in [0.717, 1.165) is 22.0 Å². The molecule has 1 aromatic heterocycles. The third-order valence-corrected chi connectivity index (χ3v) is 3.16. The molecule has 18 heavy (non-hydrogen) atoms. The van der Waals surface area contributed by atoms with Gasteiger partial charge in [-0.25, -0.2) is 4.98 Å². The zero-order valence-electron chi connectivity index (χ0n) is 9.60.